The van der Waals surface area contributed by atoms with Crippen LogP contribution in [0.5, 0.6) is 0 Å². The Hall–Kier alpha value is -1.97. The molecule has 2 rings (SSSR count). The Balaban J connectivity index is 1.77. The first-order chi connectivity index (χ1) is 12.8. The Morgan fingerprint density at radius 3 is 2.33 bits per heavy atom. The highest BCUT2D eigenvalue weighted by Gasteiger charge is 2.28. The minimum Gasteiger partial charge on any atom is -0.335 e. The number of sulfonamides is 1. The van der Waals surface area contributed by atoms with E-state index >= 15 is 0 Å². The maximum Gasteiger partial charge on any atom is 0.321 e. The molecule has 0 aromatic heterocycles. The van der Waals surface area contributed by atoms with Crippen LogP contribution in [0.3, 0.4) is 0 Å². The van der Waals surface area contributed by atoms with Gasteiger partial charge in [0.25, 0.3) is 0 Å². The van der Waals surface area contributed by atoms with Crippen molar-refractivity contribution in [3.63, 3.8) is 0 Å². The molecular formula is C18H28N4O4S. The summed E-state index contributed by atoms with van der Waals surface area (Å²) in [6.45, 7) is 5.45. The van der Waals surface area contributed by atoms with Gasteiger partial charge in [-0.1, -0.05) is 37.3 Å². The lowest BCUT2D eigenvalue weighted by Crippen LogP contribution is -2.52. The molecule has 0 bridgehead atoms. The molecule has 27 heavy (non-hydrogen) atoms. The molecule has 0 spiro atoms. The van der Waals surface area contributed by atoms with Gasteiger partial charge >= 0.3 is 6.03 Å². The average molecular weight is 397 g/mol. The molecule has 0 radical (unpaired) electrons. The summed E-state index contributed by atoms with van der Waals surface area (Å²) in [7, 11) is -3.38. The molecule has 9 heteroatoms. The number of imide groups is 1. The second-order valence-electron chi connectivity index (χ2n) is 6.75. The number of urea groups is 1. The minimum atomic E-state index is -3.38. The molecule has 3 amide bonds. The molecule has 1 heterocycles. The first-order valence-corrected chi connectivity index (χ1v) is 10.8. The predicted octanol–water partition coefficient (Wildman–Crippen LogP) is 0.758. The third kappa shape index (κ3) is 6.93. The van der Waals surface area contributed by atoms with Crippen molar-refractivity contribution >= 4 is 22.0 Å². The molecule has 1 aromatic rings. The quantitative estimate of drug-likeness (QED) is 0.709. The van der Waals surface area contributed by atoms with Crippen LogP contribution < -0.4 is 10.6 Å². The highest BCUT2D eigenvalue weighted by atomic mass is 32.2. The Bertz CT molecular complexity index is 731. The van der Waals surface area contributed by atoms with Gasteiger partial charge in [-0.05, 0) is 18.9 Å². The molecule has 0 saturated carbocycles. The second-order valence-corrected chi connectivity index (χ2v) is 8.72. The molecule has 8 nitrogen and oxygen atoms in total. The van der Waals surface area contributed by atoms with Crippen molar-refractivity contribution in [3.05, 3.63) is 35.9 Å². The van der Waals surface area contributed by atoms with Gasteiger partial charge in [0.15, 0.2) is 0 Å². The SMILES string of the molecule is CC[C@H](C)NC(=O)NC(=O)CN1CCN(S(=O)(=O)Cc2ccccc2)CC1. The average Bonchev–Trinajstić information content (AvgIpc) is 2.62. The first-order valence-electron chi connectivity index (χ1n) is 9.14. The lowest BCUT2D eigenvalue weighted by molar-refractivity contribution is -0.121. The van der Waals surface area contributed by atoms with Crippen LogP contribution >= 0.6 is 0 Å². The van der Waals surface area contributed by atoms with Crippen LogP contribution in [0.15, 0.2) is 30.3 Å². The van der Waals surface area contributed by atoms with Crippen molar-refractivity contribution in [1.29, 1.82) is 0 Å². The molecule has 1 saturated heterocycles. The van der Waals surface area contributed by atoms with Gasteiger partial charge < -0.3 is 5.32 Å². The van der Waals surface area contributed by atoms with E-state index in [2.05, 4.69) is 10.6 Å². The lowest BCUT2D eigenvalue weighted by Gasteiger charge is -2.33. The highest BCUT2D eigenvalue weighted by Crippen LogP contribution is 2.13. The summed E-state index contributed by atoms with van der Waals surface area (Å²) < 4.78 is 26.5. The molecule has 1 fully saturated rings. The number of amides is 3. The van der Waals surface area contributed by atoms with Crippen LogP contribution in [0.2, 0.25) is 0 Å². The molecule has 1 atom stereocenters. The lowest BCUT2D eigenvalue weighted by atomic mass is 10.2. The Morgan fingerprint density at radius 1 is 1.11 bits per heavy atom. The van der Waals surface area contributed by atoms with Gasteiger partial charge in [0.05, 0.1) is 12.3 Å². The van der Waals surface area contributed by atoms with E-state index in [4.69, 9.17) is 0 Å². The van der Waals surface area contributed by atoms with E-state index in [1.165, 1.54) is 4.31 Å². The summed E-state index contributed by atoms with van der Waals surface area (Å²) >= 11 is 0. The van der Waals surface area contributed by atoms with E-state index in [-0.39, 0.29) is 18.3 Å². The monoisotopic (exact) mass is 396 g/mol. The summed E-state index contributed by atoms with van der Waals surface area (Å²) in [5, 5.41) is 4.97. The number of hydrogen-bond acceptors (Lipinski definition) is 5. The minimum absolute atomic E-state index is 0.00355. The molecule has 0 unspecified atom stereocenters. The topological polar surface area (TPSA) is 98.8 Å². The molecule has 1 aromatic carbocycles. The zero-order chi connectivity index (χ0) is 19.9. The van der Waals surface area contributed by atoms with Gasteiger partial charge in [-0.2, -0.15) is 4.31 Å². The summed E-state index contributed by atoms with van der Waals surface area (Å²) in [6, 6.07) is 8.57. The van der Waals surface area contributed by atoms with Gasteiger partial charge in [0.1, 0.15) is 0 Å². The molecular weight excluding hydrogens is 368 g/mol. The smallest absolute Gasteiger partial charge is 0.321 e. The Labute approximate surface area is 161 Å². The van der Waals surface area contributed by atoms with Gasteiger partial charge in [-0.15, -0.1) is 0 Å². The van der Waals surface area contributed by atoms with Crippen molar-refractivity contribution in [2.24, 2.45) is 0 Å². The van der Waals surface area contributed by atoms with Gasteiger partial charge in [0.2, 0.25) is 15.9 Å². The molecule has 1 aliphatic heterocycles. The Kier molecular flexibility index (Phi) is 7.76. The van der Waals surface area contributed by atoms with E-state index < -0.39 is 22.0 Å². The van der Waals surface area contributed by atoms with Crippen LogP contribution in [0, 0.1) is 0 Å². The normalized spacial score (nSPS) is 17.3. The summed E-state index contributed by atoms with van der Waals surface area (Å²) in [5.41, 5.74) is 0.756. The van der Waals surface area contributed by atoms with Crippen LogP contribution in [-0.2, 0) is 20.6 Å². The van der Waals surface area contributed by atoms with Gasteiger partial charge in [-0.3, -0.25) is 15.0 Å². The van der Waals surface area contributed by atoms with Gasteiger partial charge in [-0.25, -0.2) is 13.2 Å². The second kappa shape index (κ2) is 9.82. The number of hydrogen-bond donors (Lipinski definition) is 2. The van der Waals surface area contributed by atoms with Crippen molar-refractivity contribution in [1.82, 2.24) is 19.8 Å². The van der Waals surface area contributed by atoms with Crippen LogP contribution in [0.4, 0.5) is 4.79 Å². The summed E-state index contributed by atoms with van der Waals surface area (Å²) in [5.74, 6) is -0.416. The fourth-order valence-corrected chi connectivity index (χ4v) is 4.29. The van der Waals surface area contributed by atoms with Crippen molar-refractivity contribution < 1.29 is 18.0 Å². The summed E-state index contributed by atoms with van der Waals surface area (Å²) in [4.78, 5) is 25.5. The third-order valence-corrected chi connectivity index (χ3v) is 6.38. The predicted molar refractivity (Wildman–Crippen MR) is 104 cm³/mol. The number of rotatable bonds is 7. The fourth-order valence-electron chi connectivity index (χ4n) is 2.77. The zero-order valence-electron chi connectivity index (χ0n) is 15.8. The van der Waals surface area contributed by atoms with Crippen LogP contribution in [0.25, 0.3) is 0 Å². The third-order valence-electron chi connectivity index (χ3n) is 4.53. The zero-order valence-corrected chi connectivity index (χ0v) is 16.7. The molecule has 150 valence electrons. The maximum atomic E-state index is 12.5. The van der Waals surface area contributed by atoms with Crippen LogP contribution in [0.1, 0.15) is 25.8 Å². The van der Waals surface area contributed by atoms with Gasteiger partial charge in [0, 0.05) is 32.2 Å². The number of carbonyl (C=O) groups excluding carboxylic acids is 2. The number of benzene rings is 1. The van der Waals surface area contributed by atoms with E-state index in [9.17, 15) is 18.0 Å². The van der Waals surface area contributed by atoms with E-state index in [1.54, 1.807) is 12.1 Å². The van der Waals surface area contributed by atoms with E-state index in [0.29, 0.717) is 26.2 Å². The first kappa shape index (κ1) is 21.3. The summed E-state index contributed by atoms with van der Waals surface area (Å²) in [6.07, 6.45) is 0.779. The van der Waals surface area contributed by atoms with Crippen LogP contribution in [-0.4, -0.2) is 68.3 Å². The van der Waals surface area contributed by atoms with Crippen molar-refractivity contribution in [3.8, 4) is 0 Å². The number of piperazine rings is 1. The fraction of sp³-hybridized carbons (Fsp3) is 0.556. The Morgan fingerprint density at radius 2 is 1.74 bits per heavy atom. The number of carbonyl (C=O) groups is 2. The van der Waals surface area contributed by atoms with E-state index in [1.807, 2.05) is 36.9 Å². The van der Waals surface area contributed by atoms with Crippen molar-refractivity contribution in [2.75, 3.05) is 32.7 Å². The van der Waals surface area contributed by atoms with Crippen molar-refractivity contribution in [2.45, 2.75) is 32.1 Å². The standard InChI is InChI=1S/C18H28N4O4S/c1-3-15(2)19-18(24)20-17(23)13-21-9-11-22(12-10-21)27(25,26)14-16-7-5-4-6-8-16/h4-8,15H,3,9-14H2,1-2H3,(H2,19,20,23,24)/t15-/m0/s1. The number of nitrogens with one attached hydrogen (secondary N) is 2. The van der Waals surface area contributed by atoms with E-state index in [0.717, 1.165) is 12.0 Å². The molecule has 2 N–H and O–H groups in total. The molecule has 1 aliphatic rings. The molecule has 0 aliphatic carbocycles. The maximum absolute atomic E-state index is 12.5. The highest BCUT2D eigenvalue weighted by molar-refractivity contribution is 7.88. The largest absolute Gasteiger partial charge is 0.335 e. The number of nitrogens with zero attached hydrogens (tertiary/aromatic N) is 2.